The number of methoxy groups -OCH3 is 1. The van der Waals surface area contributed by atoms with Crippen molar-refractivity contribution in [3.63, 3.8) is 0 Å². The van der Waals surface area contributed by atoms with E-state index in [1.807, 2.05) is 18.2 Å². The SMILES string of the molecule is CCOC(=O)C1C(C(=O)c2ccc(OC)cc2)SC23C=CC=CC2=NCCC13. The molecule has 0 amide bonds. The molecule has 0 bridgehead atoms. The average Bonchev–Trinajstić information content (AvgIpc) is 3.07. The second-order valence-corrected chi connectivity index (χ2v) is 8.50. The molecule has 6 heteroatoms. The third kappa shape index (κ3) is 3.00. The Morgan fingerprint density at radius 1 is 1.25 bits per heavy atom. The van der Waals surface area contributed by atoms with Crippen molar-refractivity contribution < 1.29 is 19.1 Å². The van der Waals surface area contributed by atoms with E-state index in [0.717, 1.165) is 12.1 Å². The van der Waals surface area contributed by atoms with Crippen molar-refractivity contribution in [1.29, 1.82) is 0 Å². The van der Waals surface area contributed by atoms with E-state index in [0.29, 0.717) is 24.5 Å². The van der Waals surface area contributed by atoms with Gasteiger partial charge in [-0.3, -0.25) is 14.6 Å². The molecule has 0 saturated carbocycles. The summed E-state index contributed by atoms with van der Waals surface area (Å²) in [5.41, 5.74) is 1.53. The zero-order valence-corrected chi connectivity index (χ0v) is 16.8. The Labute approximate surface area is 168 Å². The smallest absolute Gasteiger partial charge is 0.310 e. The van der Waals surface area contributed by atoms with Crippen LogP contribution in [0.25, 0.3) is 0 Å². The minimum absolute atomic E-state index is 0.00236. The summed E-state index contributed by atoms with van der Waals surface area (Å²) in [7, 11) is 1.59. The van der Waals surface area contributed by atoms with Crippen molar-refractivity contribution in [2.75, 3.05) is 20.3 Å². The number of esters is 1. The Hall–Kier alpha value is -2.34. The Bertz CT molecular complexity index is 873. The molecule has 28 heavy (non-hydrogen) atoms. The van der Waals surface area contributed by atoms with Crippen LogP contribution in [0, 0.1) is 11.8 Å². The number of thioether (sulfide) groups is 1. The number of ketones is 1. The molecule has 2 aliphatic heterocycles. The fourth-order valence-corrected chi connectivity index (χ4v) is 6.34. The Balaban J connectivity index is 1.73. The van der Waals surface area contributed by atoms with Gasteiger partial charge >= 0.3 is 5.97 Å². The van der Waals surface area contributed by atoms with Crippen LogP contribution in [0.2, 0.25) is 0 Å². The van der Waals surface area contributed by atoms with Crippen LogP contribution in [0.1, 0.15) is 23.7 Å². The molecule has 146 valence electrons. The van der Waals surface area contributed by atoms with Crippen molar-refractivity contribution in [2.24, 2.45) is 16.8 Å². The van der Waals surface area contributed by atoms with Gasteiger partial charge in [0.15, 0.2) is 5.78 Å². The van der Waals surface area contributed by atoms with Gasteiger partial charge in [-0.15, -0.1) is 11.8 Å². The first-order chi connectivity index (χ1) is 13.6. The van der Waals surface area contributed by atoms with Crippen LogP contribution in [0.5, 0.6) is 5.75 Å². The van der Waals surface area contributed by atoms with E-state index in [-0.39, 0.29) is 17.7 Å². The highest BCUT2D eigenvalue weighted by Crippen LogP contribution is 2.57. The van der Waals surface area contributed by atoms with Crippen LogP contribution in [-0.2, 0) is 9.53 Å². The normalized spacial score (nSPS) is 30.2. The Kier molecular flexibility index (Phi) is 5.15. The molecule has 1 fully saturated rings. The molecule has 0 radical (unpaired) electrons. The van der Waals surface area contributed by atoms with Gasteiger partial charge in [-0.1, -0.05) is 18.2 Å². The molecule has 1 aliphatic carbocycles. The lowest BCUT2D eigenvalue weighted by molar-refractivity contribution is -0.149. The number of carbonyl (C=O) groups is 2. The number of hydrogen-bond acceptors (Lipinski definition) is 6. The molecule has 0 N–H and O–H groups in total. The molecule has 4 unspecified atom stereocenters. The number of Topliss-reactive ketones (excluding diaryl/α,β-unsaturated/α-hetero) is 1. The van der Waals surface area contributed by atoms with E-state index in [1.54, 1.807) is 50.1 Å². The summed E-state index contributed by atoms with van der Waals surface area (Å²) in [4.78, 5) is 31.0. The highest BCUT2D eigenvalue weighted by atomic mass is 32.2. The Morgan fingerprint density at radius 3 is 2.75 bits per heavy atom. The van der Waals surface area contributed by atoms with E-state index in [4.69, 9.17) is 14.5 Å². The number of nitrogens with zero attached hydrogens (tertiary/aromatic N) is 1. The fraction of sp³-hybridized carbons (Fsp3) is 0.409. The van der Waals surface area contributed by atoms with E-state index in [9.17, 15) is 9.59 Å². The van der Waals surface area contributed by atoms with Gasteiger partial charge in [0.05, 0.1) is 35.3 Å². The molecule has 4 atom stereocenters. The number of rotatable bonds is 5. The topological polar surface area (TPSA) is 65.0 Å². The van der Waals surface area contributed by atoms with Crippen molar-refractivity contribution in [3.8, 4) is 5.75 Å². The molecule has 1 aromatic carbocycles. The number of allylic oxidation sites excluding steroid dienone is 3. The maximum absolute atomic E-state index is 13.4. The summed E-state index contributed by atoms with van der Waals surface area (Å²) in [5, 5.41) is -0.503. The first kappa shape index (κ1) is 19.0. The molecule has 1 spiro atoms. The molecule has 3 aliphatic rings. The maximum atomic E-state index is 13.4. The molecule has 1 aromatic rings. The molecule has 2 heterocycles. The van der Waals surface area contributed by atoms with Crippen LogP contribution >= 0.6 is 11.8 Å². The van der Waals surface area contributed by atoms with Gasteiger partial charge in [0.2, 0.25) is 0 Å². The van der Waals surface area contributed by atoms with Crippen molar-refractivity contribution >= 4 is 29.2 Å². The minimum atomic E-state index is -0.503. The molecular formula is C22H23NO4S. The monoisotopic (exact) mass is 397 g/mol. The van der Waals surface area contributed by atoms with Crippen molar-refractivity contribution in [1.82, 2.24) is 0 Å². The van der Waals surface area contributed by atoms with Crippen molar-refractivity contribution in [3.05, 3.63) is 54.1 Å². The van der Waals surface area contributed by atoms with Crippen LogP contribution in [0.3, 0.4) is 0 Å². The lowest BCUT2D eigenvalue weighted by Crippen LogP contribution is -2.45. The summed E-state index contributed by atoms with van der Waals surface area (Å²) in [6.07, 6.45) is 8.83. The standard InChI is InChI=1S/C22H23NO4S/c1-3-27-21(25)18-16-11-13-23-17-6-4-5-12-22(16,17)28-20(18)19(24)14-7-9-15(26-2)10-8-14/h4-10,12,16,18,20H,3,11,13H2,1-2H3. The van der Waals surface area contributed by atoms with Gasteiger partial charge < -0.3 is 9.47 Å². The number of ether oxygens (including phenoxy) is 2. The molecule has 4 rings (SSSR count). The summed E-state index contributed by atoms with van der Waals surface area (Å²) in [6.45, 7) is 2.77. The molecule has 1 saturated heterocycles. The lowest BCUT2D eigenvalue weighted by atomic mass is 9.72. The van der Waals surface area contributed by atoms with Crippen LogP contribution in [0.4, 0.5) is 0 Å². The fourth-order valence-electron chi connectivity index (χ4n) is 4.38. The minimum Gasteiger partial charge on any atom is -0.497 e. The predicted molar refractivity (Wildman–Crippen MR) is 110 cm³/mol. The highest BCUT2D eigenvalue weighted by molar-refractivity contribution is 8.03. The van der Waals surface area contributed by atoms with Gasteiger partial charge in [-0.25, -0.2) is 0 Å². The second-order valence-electron chi connectivity index (χ2n) is 7.08. The zero-order valence-electron chi connectivity index (χ0n) is 16.0. The number of hydrogen-bond donors (Lipinski definition) is 0. The van der Waals surface area contributed by atoms with Gasteiger partial charge in [0.1, 0.15) is 5.75 Å². The lowest BCUT2D eigenvalue weighted by Gasteiger charge is -2.37. The van der Waals surface area contributed by atoms with Crippen LogP contribution in [0.15, 0.2) is 53.6 Å². The van der Waals surface area contributed by atoms with Crippen molar-refractivity contribution in [2.45, 2.75) is 23.3 Å². The predicted octanol–water partition coefficient (Wildman–Crippen LogP) is 3.50. The number of carbonyl (C=O) groups excluding carboxylic acids is 2. The first-order valence-corrected chi connectivity index (χ1v) is 10.4. The Morgan fingerprint density at radius 2 is 2.04 bits per heavy atom. The zero-order chi connectivity index (χ0) is 19.7. The molecule has 5 nitrogen and oxygen atoms in total. The first-order valence-electron chi connectivity index (χ1n) is 9.54. The van der Waals surface area contributed by atoms with Gasteiger partial charge in [-0.05, 0) is 49.6 Å². The maximum Gasteiger partial charge on any atom is 0.310 e. The van der Waals surface area contributed by atoms with Gasteiger partial charge in [0.25, 0.3) is 0 Å². The van der Waals surface area contributed by atoms with Crippen LogP contribution < -0.4 is 4.74 Å². The number of aliphatic imine (C=N–C) groups is 1. The quantitative estimate of drug-likeness (QED) is 0.562. The number of benzene rings is 1. The van der Waals surface area contributed by atoms with E-state index in [2.05, 4.69) is 6.08 Å². The molecule has 0 aromatic heterocycles. The third-order valence-electron chi connectivity index (χ3n) is 5.66. The summed E-state index contributed by atoms with van der Waals surface area (Å²) in [6, 6.07) is 7.06. The molecular weight excluding hydrogens is 374 g/mol. The highest BCUT2D eigenvalue weighted by Gasteiger charge is 2.61. The van der Waals surface area contributed by atoms with Crippen LogP contribution in [-0.4, -0.2) is 47.7 Å². The second kappa shape index (κ2) is 7.59. The van der Waals surface area contributed by atoms with E-state index < -0.39 is 15.9 Å². The van der Waals surface area contributed by atoms with Gasteiger partial charge in [-0.2, -0.15) is 0 Å². The third-order valence-corrected chi connectivity index (χ3v) is 7.46. The largest absolute Gasteiger partial charge is 0.497 e. The summed E-state index contributed by atoms with van der Waals surface area (Å²) < 4.78 is 10.2. The van der Waals surface area contributed by atoms with Gasteiger partial charge in [0, 0.05) is 12.1 Å². The summed E-state index contributed by atoms with van der Waals surface area (Å²) >= 11 is 1.55. The van der Waals surface area contributed by atoms with E-state index in [1.165, 1.54) is 0 Å². The average molecular weight is 397 g/mol. The summed E-state index contributed by atoms with van der Waals surface area (Å²) in [5.74, 6) is -0.122. The van der Waals surface area contributed by atoms with E-state index >= 15 is 0 Å².